The molecule has 0 aromatic heterocycles. The SMILES string of the molecule is CSCCCC(CN)N1CCOC(C)C1. The molecule has 90 valence electrons. The van der Waals surface area contributed by atoms with Crippen molar-refractivity contribution in [3.8, 4) is 0 Å². The molecule has 2 unspecified atom stereocenters. The molecule has 1 aliphatic rings. The van der Waals surface area contributed by atoms with E-state index in [-0.39, 0.29) is 0 Å². The van der Waals surface area contributed by atoms with Gasteiger partial charge in [0.15, 0.2) is 0 Å². The molecular weight excluding hydrogens is 208 g/mol. The molecule has 15 heavy (non-hydrogen) atoms. The van der Waals surface area contributed by atoms with Crippen molar-refractivity contribution < 1.29 is 4.74 Å². The zero-order valence-electron chi connectivity index (χ0n) is 9.95. The Bertz CT molecular complexity index is 169. The molecule has 0 saturated carbocycles. The maximum Gasteiger partial charge on any atom is 0.0674 e. The van der Waals surface area contributed by atoms with Crippen molar-refractivity contribution >= 4 is 11.8 Å². The third-order valence-electron chi connectivity index (χ3n) is 2.95. The fraction of sp³-hybridized carbons (Fsp3) is 1.00. The van der Waals surface area contributed by atoms with Crippen LogP contribution >= 0.6 is 11.8 Å². The highest BCUT2D eigenvalue weighted by atomic mass is 32.2. The topological polar surface area (TPSA) is 38.5 Å². The van der Waals surface area contributed by atoms with Crippen LogP contribution in [0.3, 0.4) is 0 Å². The first kappa shape index (κ1) is 13.3. The van der Waals surface area contributed by atoms with Crippen molar-refractivity contribution in [3.05, 3.63) is 0 Å². The average Bonchev–Trinajstić information content (AvgIpc) is 2.24. The van der Waals surface area contributed by atoms with Crippen LogP contribution in [-0.4, -0.2) is 55.3 Å². The summed E-state index contributed by atoms with van der Waals surface area (Å²) in [6.45, 7) is 5.87. The Balaban J connectivity index is 2.29. The van der Waals surface area contributed by atoms with Gasteiger partial charge >= 0.3 is 0 Å². The fourth-order valence-electron chi connectivity index (χ4n) is 2.09. The zero-order valence-corrected chi connectivity index (χ0v) is 10.8. The standard InChI is InChI=1S/C11H24N2OS/c1-10-9-13(5-6-14-10)11(8-12)4-3-7-15-2/h10-11H,3-9,12H2,1-2H3. The monoisotopic (exact) mass is 232 g/mol. The van der Waals surface area contributed by atoms with E-state index in [9.17, 15) is 0 Å². The predicted molar refractivity (Wildman–Crippen MR) is 67.4 cm³/mol. The zero-order chi connectivity index (χ0) is 11.1. The van der Waals surface area contributed by atoms with E-state index in [0.29, 0.717) is 12.1 Å². The van der Waals surface area contributed by atoms with Crippen molar-refractivity contribution in [1.29, 1.82) is 0 Å². The highest BCUT2D eigenvalue weighted by Gasteiger charge is 2.22. The van der Waals surface area contributed by atoms with Gasteiger partial charge in [0, 0.05) is 25.7 Å². The Morgan fingerprint density at radius 3 is 3.00 bits per heavy atom. The first-order valence-corrected chi connectivity index (χ1v) is 7.22. The first-order valence-electron chi connectivity index (χ1n) is 5.82. The van der Waals surface area contributed by atoms with E-state index < -0.39 is 0 Å². The van der Waals surface area contributed by atoms with Crippen molar-refractivity contribution in [2.45, 2.75) is 31.9 Å². The molecule has 0 bridgehead atoms. The number of morpholine rings is 1. The van der Waals surface area contributed by atoms with Crippen LogP contribution in [0, 0.1) is 0 Å². The van der Waals surface area contributed by atoms with Crippen molar-refractivity contribution in [2.75, 3.05) is 38.2 Å². The quantitative estimate of drug-likeness (QED) is 0.698. The minimum Gasteiger partial charge on any atom is -0.376 e. The molecule has 2 N–H and O–H groups in total. The summed E-state index contributed by atoms with van der Waals surface area (Å²) in [5, 5.41) is 0. The number of hydrogen-bond acceptors (Lipinski definition) is 4. The van der Waals surface area contributed by atoms with Crippen molar-refractivity contribution in [2.24, 2.45) is 5.73 Å². The second kappa shape index (κ2) is 7.49. The van der Waals surface area contributed by atoms with Gasteiger partial charge in [-0.05, 0) is 31.8 Å². The van der Waals surface area contributed by atoms with Crippen molar-refractivity contribution in [3.63, 3.8) is 0 Å². The summed E-state index contributed by atoms with van der Waals surface area (Å²) in [6.07, 6.45) is 5.03. The number of nitrogens with zero attached hydrogens (tertiary/aromatic N) is 1. The van der Waals surface area contributed by atoms with Crippen LogP contribution in [-0.2, 0) is 4.74 Å². The molecule has 1 heterocycles. The molecule has 0 aromatic rings. The van der Waals surface area contributed by atoms with Gasteiger partial charge in [-0.1, -0.05) is 0 Å². The second-order valence-electron chi connectivity index (χ2n) is 4.20. The Labute approximate surface area is 97.7 Å². The number of rotatable bonds is 6. The maximum absolute atomic E-state index is 5.84. The highest BCUT2D eigenvalue weighted by molar-refractivity contribution is 7.98. The molecule has 0 amide bonds. The third kappa shape index (κ3) is 4.72. The summed E-state index contributed by atoms with van der Waals surface area (Å²) in [5.74, 6) is 1.25. The second-order valence-corrected chi connectivity index (χ2v) is 5.19. The van der Waals surface area contributed by atoms with Crippen LogP contribution in [0.2, 0.25) is 0 Å². The smallest absolute Gasteiger partial charge is 0.0674 e. The molecule has 4 heteroatoms. The van der Waals surface area contributed by atoms with Gasteiger partial charge in [0.05, 0.1) is 12.7 Å². The predicted octanol–water partition coefficient (Wildman–Crippen LogP) is 1.18. The minimum absolute atomic E-state index is 0.369. The van der Waals surface area contributed by atoms with Crippen LogP contribution < -0.4 is 5.73 Å². The first-order chi connectivity index (χ1) is 7.27. The van der Waals surface area contributed by atoms with Gasteiger partial charge in [-0.3, -0.25) is 4.90 Å². The van der Waals surface area contributed by atoms with Gasteiger partial charge in [-0.25, -0.2) is 0 Å². The maximum atomic E-state index is 5.84. The average molecular weight is 232 g/mol. The lowest BCUT2D eigenvalue weighted by Gasteiger charge is -2.36. The minimum atomic E-state index is 0.369. The lowest BCUT2D eigenvalue weighted by Crippen LogP contribution is -2.49. The molecule has 0 aliphatic carbocycles. The van der Waals surface area contributed by atoms with E-state index in [1.807, 2.05) is 11.8 Å². The normalized spacial score (nSPS) is 25.4. The largest absolute Gasteiger partial charge is 0.376 e. The third-order valence-corrected chi connectivity index (χ3v) is 3.64. The van der Waals surface area contributed by atoms with E-state index in [2.05, 4.69) is 18.1 Å². The number of hydrogen-bond donors (Lipinski definition) is 1. The lowest BCUT2D eigenvalue weighted by molar-refractivity contribution is -0.0338. The molecule has 1 saturated heterocycles. The Hall–Kier alpha value is 0.230. The van der Waals surface area contributed by atoms with Crippen LogP contribution in [0.25, 0.3) is 0 Å². The highest BCUT2D eigenvalue weighted by Crippen LogP contribution is 2.13. The number of thioether (sulfide) groups is 1. The van der Waals surface area contributed by atoms with Gasteiger partial charge in [0.25, 0.3) is 0 Å². The van der Waals surface area contributed by atoms with Crippen LogP contribution in [0.5, 0.6) is 0 Å². The van der Waals surface area contributed by atoms with Gasteiger partial charge < -0.3 is 10.5 Å². The van der Waals surface area contributed by atoms with Crippen LogP contribution in [0.4, 0.5) is 0 Å². The van der Waals surface area contributed by atoms with Crippen LogP contribution in [0.15, 0.2) is 0 Å². The number of nitrogens with two attached hydrogens (primary N) is 1. The van der Waals surface area contributed by atoms with E-state index >= 15 is 0 Å². The Kier molecular flexibility index (Phi) is 6.64. The molecule has 1 rings (SSSR count). The molecule has 0 radical (unpaired) electrons. The Morgan fingerprint density at radius 2 is 2.40 bits per heavy atom. The number of ether oxygens (including phenoxy) is 1. The summed E-state index contributed by atoms with van der Waals surface area (Å²) in [5.41, 5.74) is 5.84. The van der Waals surface area contributed by atoms with Crippen molar-refractivity contribution in [1.82, 2.24) is 4.90 Å². The molecule has 0 spiro atoms. The summed E-state index contributed by atoms with van der Waals surface area (Å²) < 4.78 is 5.54. The lowest BCUT2D eigenvalue weighted by atomic mass is 10.1. The van der Waals surface area contributed by atoms with Gasteiger partial charge in [0.2, 0.25) is 0 Å². The summed E-state index contributed by atoms with van der Waals surface area (Å²) in [7, 11) is 0. The Morgan fingerprint density at radius 1 is 1.60 bits per heavy atom. The molecular formula is C11H24N2OS. The summed E-state index contributed by atoms with van der Waals surface area (Å²) in [4.78, 5) is 2.49. The molecule has 3 nitrogen and oxygen atoms in total. The van der Waals surface area contributed by atoms with Gasteiger partial charge in [-0.2, -0.15) is 11.8 Å². The molecule has 0 aromatic carbocycles. The van der Waals surface area contributed by atoms with Gasteiger partial charge in [0.1, 0.15) is 0 Å². The van der Waals surface area contributed by atoms with E-state index in [1.165, 1.54) is 18.6 Å². The van der Waals surface area contributed by atoms with E-state index in [4.69, 9.17) is 10.5 Å². The molecule has 1 aliphatic heterocycles. The van der Waals surface area contributed by atoms with E-state index in [1.54, 1.807) is 0 Å². The molecule has 1 fully saturated rings. The summed E-state index contributed by atoms with van der Waals surface area (Å²) >= 11 is 1.92. The van der Waals surface area contributed by atoms with Gasteiger partial charge in [-0.15, -0.1) is 0 Å². The molecule has 2 atom stereocenters. The van der Waals surface area contributed by atoms with Crippen LogP contribution in [0.1, 0.15) is 19.8 Å². The van der Waals surface area contributed by atoms with E-state index in [0.717, 1.165) is 26.2 Å². The summed E-state index contributed by atoms with van der Waals surface area (Å²) in [6, 6.07) is 0.559. The fourth-order valence-corrected chi connectivity index (χ4v) is 2.55.